The third-order valence-electron chi connectivity index (χ3n) is 4.37. The molecule has 1 atom stereocenters. The first kappa shape index (κ1) is 16.2. The standard InChI is InChI=1S/C17H18FN3O3/c1-11-12(10-19-21(11)14-7-3-2-6-13(14)18)16(22)20-9-5-4-8-15(20)17(23)24/h2-3,6-7,10,15H,4-5,8-9H2,1H3,(H,23,24). The quantitative estimate of drug-likeness (QED) is 0.937. The van der Waals surface area contributed by atoms with Gasteiger partial charge in [-0.25, -0.2) is 13.9 Å². The van der Waals surface area contributed by atoms with Gasteiger partial charge < -0.3 is 10.0 Å². The second kappa shape index (κ2) is 6.43. The summed E-state index contributed by atoms with van der Waals surface area (Å²) in [7, 11) is 0. The van der Waals surface area contributed by atoms with Gasteiger partial charge in [-0.1, -0.05) is 12.1 Å². The van der Waals surface area contributed by atoms with Crippen LogP contribution in [0, 0.1) is 12.7 Å². The van der Waals surface area contributed by atoms with Crippen LogP contribution in [0.2, 0.25) is 0 Å². The van der Waals surface area contributed by atoms with Gasteiger partial charge in [0.1, 0.15) is 17.5 Å². The zero-order chi connectivity index (χ0) is 17.3. The number of amides is 1. The van der Waals surface area contributed by atoms with Crippen molar-refractivity contribution >= 4 is 11.9 Å². The third-order valence-corrected chi connectivity index (χ3v) is 4.37. The molecule has 1 saturated heterocycles. The molecule has 1 aromatic heterocycles. The number of benzene rings is 1. The Balaban J connectivity index is 1.94. The van der Waals surface area contributed by atoms with Gasteiger partial charge in [-0.05, 0) is 38.3 Å². The Morgan fingerprint density at radius 3 is 2.75 bits per heavy atom. The summed E-state index contributed by atoms with van der Waals surface area (Å²) in [6.07, 6.45) is 3.38. The van der Waals surface area contributed by atoms with Gasteiger partial charge in [0.2, 0.25) is 0 Å². The smallest absolute Gasteiger partial charge is 0.326 e. The molecule has 6 nitrogen and oxygen atoms in total. The average Bonchev–Trinajstić information content (AvgIpc) is 2.96. The SMILES string of the molecule is Cc1c(C(=O)N2CCCCC2C(=O)O)cnn1-c1ccccc1F. The van der Waals surface area contributed by atoms with Gasteiger partial charge in [0.25, 0.3) is 5.91 Å². The molecule has 2 heterocycles. The lowest BCUT2D eigenvalue weighted by molar-refractivity contribution is -0.143. The largest absolute Gasteiger partial charge is 0.480 e. The van der Waals surface area contributed by atoms with Crippen LogP contribution < -0.4 is 0 Å². The molecule has 2 aromatic rings. The van der Waals surface area contributed by atoms with Crippen LogP contribution in [-0.2, 0) is 4.79 Å². The monoisotopic (exact) mass is 331 g/mol. The van der Waals surface area contributed by atoms with E-state index in [-0.39, 0.29) is 11.6 Å². The second-order valence-electron chi connectivity index (χ2n) is 5.86. The maximum Gasteiger partial charge on any atom is 0.326 e. The Kier molecular flexibility index (Phi) is 4.33. The molecule has 1 aromatic carbocycles. The van der Waals surface area contributed by atoms with Crippen molar-refractivity contribution in [3.63, 3.8) is 0 Å². The van der Waals surface area contributed by atoms with E-state index in [4.69, 9.17) is 0 Å². The third kappa shape index (κ3) is 2.77. The molecule has 1 amide bonds. The Bertz CT molecular complexity index is 787. The second-order valence-corrected chi connectivity index (χ2v) is 5.86. The van der Waals surface area contributed by atoms with E-state index in [2.05, 4.69) is 5.10 Å². The topological polar surface area (TPSA) is 75.4 Å². The van der Waals surface area contributed by atoms with Crippen molar-refractivity contribution in [3.05, 3.63) is 47.5 Å². The predicted molar refractivity (Wildman–Crippen MR) is 84.6 cm³/mol. The van der Waals surface area contributed by atoms with Crippen molar-refractivity contribution in [2.24, 2.45) is 0 Å². The summed E-state index contributed by atoms with van der Waals surface area (Å²) < 4.78 is 15.3. The van der Waals surface area contributed by atoms with Gasteiger partial charge in [0, 0.05) is 6.54 Å². The van der Waals surface area contributed by atoms with Crippen molar-refractivity contribution < 1.29 is 19.1 Å². The molecule has 1 unspecified atom stereocenters. The molecule has 1 fully saturated rings. The van der Waals surface area contributed by atoms with Gasteiger partial charge in [0.05, 0.1) is 17.5 Å². The van der Waals surface area contributed by atoms with Crippen LogP contribution in [0.3, 0.4) is 0 Å². The highest BCUT2D eigenvalue weighted by Gasteiger charge is 2.33. The number of nitrogens with zero attached hydrogens (tertiary/aromatic N) is 3. The molecule has 126 valence electrons. The summed E-state index contributed by atoms with van der Waals surface area (Å²) in [4.78, 5) is 25.5. The summed E-state index contributed by atoms with van der Waals surface area (Å²) in [5.41, 5.74) is 1.04. The van der Waals surface area contributed by atoms with E-state index in [0.29, 0.717) is 24.2 Å². The first-order valence-corrected chi connectivity index (χ1v) is 7.84. The lowest BCUT2D eigenvalue weighted by Gasteiger charge is -2.32. The molecular formula is C17H18FN3O3. The van der Waals surface area contributed by atoms with Crippen molar-refractivity contribution in [3.8, 4) is 5.69 Å². The number of piperidine rings is 1. The molecule has 3 rings (SSSR count). The fraction of sp³-hybridized carbons (Fsp3) is 0.353. The van der Waals surface area contributed by atoms with E-state index < -0.39 is 17.8 Å². The summed E-state index contributed by atoms with van der Waals surface area (Å²) in [5, 5.41) is 13.4. The van der Waals surface area contributed by atoms with E-state index >= 15 is 0 Å². The average molecular weight is 331 g/mol. The highest BCUT2D eigenvalue weighted by molar-refractivity contribution is 5.97. The summed E-state index contributed by atoms with van der Waals surface area (Å²) >= 11 is 0. The van der Waals surface area contributed by atoms with Gasteiger partial charge in [-0.2, -0.15) is 5.10 Å². The van der Waals surface area contributed by atoms with Crippen molar-refractivity contribution in [2.45, 2.75) is 32.2 Å². The minimum absolute atomic E-state index is 0.252. The minimum Gasteiger partial charge on any atom is -0.480 e. The summed E-state index contributed by atoms with van der Waals surface area (Å²) in [5.74, 6) is -1.81. The molecule has 0 saturated carbocycles. The molecule has 0 radical (unpaired) electrons. The van der Waals surface area contributed by atoms with Crippen molar-refractivity contribution in [2.75, 3.05) is 6.54 Å². The van der Waals surface area contributed by atoms with Gasteiger partial charge in [-0.15, -0.1) is 0 Å². The molecule has 1 N–H and O–H groups in total. The van der Waals surface area contributed by atoms with Gasteiger partial charge >= 0.3 is 5.97 Å². The molecule has 0 aliphatic carbocycles. The normalized spacial score (nSPS) is 17.8. The number of likely N-dealkylation sites (tertiary alicyclic amines) is 1. The van der Waals surface area contributed by atoms with Crippen molar-refractivity contribution in [1.82, 2.24) is 14.7 Å². The molecule has 0 spiro atoms. The van der Waals surface area contributed by atoms with Crippen LogP contribution in [0.25, 0.3) is 5.69 Å². The van der Waals surface area contributed by atoms with E-state index in [1.807, 2.05) is 0 Å². The number of hydrogen-bond donors (Lipinski definition) is 1. The van der Waals surface area contributed by atoms with E-state index in [9.17, 15) is 19.1 Å². The van der Waals surface area contributed by atoms with Crippen LogP contribution >= 0.6 is 0 Å². The Hall–Kier alpha value is -2.70. The number of carbonyl (C=O) groups excluding carboxylic acids is 1. The molecule has 7 heteroatoms. The van der Waals surface area contributed by atoms with Crippen LogP contribution in [0.4, 0.5) is 4.39 Å². The van der Waals surface area contributed by atoms with Gasteiger partial charge in [0.15, 0.2) is 0 Å². The molecule has 0 bridgehead atoms. The zero-order valence-electron chi connectivity index (χ0n) is 13.3. The molecular weight excluding hydrogens is 313 g/mol. The Morgan fingerprint density at radius 1 is 1.29 bits per heavy atom. The first-order valence-electron chi connectivity index (χ1n) is 7.84. The molecule has 24 heavy (non-hydrogen) atoms. The highest BCUT2D eigenvalue weighted by Crippen LogP contribution is 2.23. The van der Waals surface area contributed by atoms with Gasteiger partial charge in [-0.3, -0.25) is 4.79 Å². The highest BCUT2D eigenvalue weighted by atomic mass is 19.1. The van der Waals surface area contributed by atoms with Crippen LogP contribution in [0.15, 0.2) is 30.5 Å². The first-order chi connectivity index (χ1) is 11.5. The number of carboxylic acids is 1. The van der Waals surface area contributed by atoms with Crippen molar-refractivity contribution in [1.29, 1.82) is 0 Å². The molecule has 1 aliphatic heterocycles. The fourth-order valence-corrected chi connectivity index (χ4v) is 3.07. The van der Waals surface area contributed by atoms with E-state index in [1.165, 1.54) is 21.8 Å². The lowest BCUT2D eigenvalue weighted by Crippen LogP contribution is -2.48. The van der Waals surface area contributed by atoms with Crippen LogP contribution in [0.1, 0.15) is 35.3 Å². The minimum atomic E-state index is -0.998. The molecule has 1 aliphatic rings. The summed E-state index contributed by atoms with van der Waals surface area (Å²) in [6, 6.07) is 5.34. The summed E-state index contributed by atoms with van der Waals surface area (Å²) in [6.45, 7) is 2.08. The number of para-hydroxylation sites is 1. The predicted octanol–water partition coefficient (Wildman–Crippen LogP) is 2.40. The number of hydrogen-bond acceptors (Lipinski definition) is 3. The van der Waals surface area contributed by atoms with Crippen LogP contribution in [0.5, 0.6) is 0 Å². The number of aliphatic carboxylic acids is 1. The number of aromatic nitrogens is 2. The maximum absolute atomic E-state index is 14.0. The number of carboxylic acid groups (broad SMARTS) is 1. The van der Waals surface area contributed by atoms with E-state index in [1.54, 1.807) is 25.1 Å². The Labute approximate surface area is 138 Å². The van der Waals surface area contributed by atoms with Crippen LogP contribution in [-0.4, -0.2) is 44.3 Å². The number of rotatable bonds is 3. The fourth-order valence-electron chi connectivity index (χ4n) is 3.07. The number of halogens is 1. The number of carbonyl (C=O) groups is 2. The maximum atomic E-state index is 14.0. The zero-order valence-corrected chi connectivity index (χ0v) is 13.3. The Morgan fingerprint density at radius 2 is 2.04 bits per heavy atom. The lowest BCUT2D eigenvalue weighted by atomic mass is 10.0. The van der Waals surface area contributed by atoms with E-state index in [0.717, 1.165) is 12.8 Å².